The van der Waals surface area contributed by atoms with Crippen LogP contribution in [0.25, 0.3) is 0 Å². The molecule has 2 aromatic rings. The smallest absolute Gasteiger partial charge is 0.142 e. The molecule has 0 aliphatic heterocycles. The van der Waals surface area contributed by atoms with Crippen LogP contribution in [0.5, 0.6) is 0 Å². The number of fused-ring (bicyclic) bond motifs is 1. The molecule has 0 spiro atoms. The van der Waals surface area contributed by atoms with Crippen LogP contribution >= 0.6 is 0 Å². The lowest BCUT2D eigenvalue weighted by atomic mass is 9.63. The third-order valence-corrected chi connectivity index (χ3v) is 8.11. The lowest BCUT2D eigenvalue weighted by Gasteiger charge is -2.42. The Labute approximate surface area is 199 Å². The predicted octanol–water partition coefficient (Wildman–Crippen LogP) is 8.94. The summed E-state index contributed by atoms with van der Waals surface area (Å²) < 4.78 is 29.7. The van der Waals surface area contributed by atoms with Crippen molar-refractivity contribution in [2.24, 2.45) is 17.8 Å². The van der Waals surface area contributed by atoms with E-state index in [1.165, 1.54) is 57.8 Å². The molecule has 0 heterocycles. The third kappa shape index (κ3) is 6.26. The number of hydrogen-bond donors (Lipinski definition) is 0. The Morgan fingerprint density at radius 1 is 0.818 bits per heavy atom. The van der Waals surface area contributed by atoms with Crippen LogP contribution in [0, 0.1) is 48.2 Å². The van der Waals surface area contributed by atoms with Crippen molar-refractivity contribution < 1.29 is 8.78 Å². The molecule has 0 aromatic heterocycles. The quantitative estimate of drug-likeness (QED) is 0.306. The van der Waals surface area contributed by atoms with Gasteiger partial charge in [-0.1, -0.05) is 75.0 Å². The Morgan fingerprint density at radius 2 is 1.52 bits per heavy atom. The van der Waals surface area contributed by atoms with Crippen molar-refractivity contribution in [1.29, 1.82) is 0 Å². The second kappa shape index (κ2) is 11.3. The molecule has 2 aliphatic rings. The molecule has 0 amide bonds. The summed E-state index contributed by atoms with van der Waals surface area (Å²) in [6.07, 6.45) is 14.2. The minimum atomic E-state index is -0.525. The molecule has 4 atom stereocenters. The zero-order valence-corrected chi connectivity index (χ0v) is 20.3. The van der Waals surface area contributed by atoms with E-state index in [1.807, 2.05) is 31.2 Å². The molecule has 33 heavy (non-hydrogen) atoms. The maximum Gasteiger partial charge on any atom is 0.142 e. The summed E-state index contributed by atoms with van der Waals surface area (Å²) in [6.45, 7) is 4.27. The second-order valence-electron chi connectivity index (χ2n) is 10.5. The first kappa shape index (κ1) is 24.0. The third-order valence-electron chi connectivity index (χ3n) is 8.11. The molecule has 0 nitrogen and oxygen atoms in total. The summed E-state index contributed by atoms with van der Waals surface area (Å²) in [7, 11) is 0. The second-order valence-corrected chi connectivity index (χ2v) is 10.5. The zero-order chi connectivity index (χ0) is 23.2. The van der Waals surface area contributed by atoms with Crippen molar-refractivity contribution in [3.05, 3.63) is 70.3 Å². The van der Waals surface area contributed by atoms with E-state index in [0.29, 0.717) is 0 Å². The minimum Gasteiger partial charge on any atom is -0.206 e. The lowest BCUT2D eigenvalue weighted by molar-refractivity contribution is 0.113. The molecule has 2 heteroatoms. The van der Waals surface area contributed by atoms with Crippen molar-refractivity contribution in [1.82, 2.24) is 0 Å². The maximum absolute atomic E-state index is 14.8. The van der Waals surface area contributed by atoms with Crippen molar-refractivity contribution in [3.63, 3.8) is 0 Å². The fraction of sp³-hybridized carbons (Fsp3) is 0.548. The first-order valence-corrected chi connectivity index (χ1v) is 13.1. The van der Waals surface area contributed by atoms with Crippen molar-refractivity contribution in [2.75, 3.05) is 0 Å². The van der Waals surface area contributed by atoms with Gasteiger partial charge < -0.3 is 0 Å². The van der Waals surface area contributed by atoms with Crippen LogP contribution in [0.2, 0.25) is 0 Å². The van der Waals surface area contributed by atoms with E-state index in [-0.39, 0.29) is 11.5 Å². The first-order chi connectivity index (χ1) is 16.0. The molecule has 176 valence electrons. The molecule has 4 unspecified atom stereocenters. The van der Waals surface area contributed by atoms with Gasteiger partial charge >= 0.3 is 0 Å². The summed E-state index contributed by atoms with van der Waals surface area (Å²) in [5.41, 5.74) is 2.61. The zero-order valence-electron chi connectivity index (χ0n) is 20.3. The number of rotatable bonds is 6. The highest BCUT2D eigenvalue weighted by Crippen LogP contribution is 2.48. The van der Waals surface area contributed by atoms with E-state index in [1.54, 1.807) is 12.1 Å². The molecular weight excluding hydrogens is 410 g/mol. The molecule has 0 saturated heterocycles. The molecule has 2 aromatic carbocycles. The van der Waals surface area contributed by atoms with Crippen LogP contribution in [0.1, 0.15) is 106 Å². The molecule has 2 fully saturated rings. The minimum absolute atomic E-state index is 0.114. The van der Waals surface area contributed by atoms with Crippen molar-refractivity contribution in [2.45, 2.75) is 90.4 Å². The molecule has 4 rings (SSSR count). The Hall–Kier alpha value is -2.14. The van der Waals surface area contributed by atoms with Crippen molar-refractivity contribution >= 4 is 0 Å². The summed E-state index contributed by atoms with van der Waals surface area (Å²) in [5, 5.41) is 0. The normalized spacial score (nSPS) is 24.6. The van der Waals surface area contributed by atoms with E-state index in [0.717, 1.165) is 47.3 Å². The number of hydrogen-bond acceptors (Lipinski definition) is 0. The van der Waals surface area contributed by atoms with Crippen LogP contribution in [0.15, 0.2) is 36.4 Å². The molecule has 0 N–H and O–H groups in total. The van der Waals surface area contributed by atoms with E-state index in [2.05, 4.69) is 18.8 Å². The van der Waals surface area contributed by atoms with Gasteiger partial charge in [0, 0.05) is 5.56 Å². The fourth-order valence-corrected chi connectivity index (χ4v) is 6.13. The van der Waals surface area contributed by atoms with E-state index >= 15 is 0 Å². The molecular formula is C31H38F2. The standard InChI is InChI=1S/C31H38F2/c1-3-4-5-6-7-24-12-14-26-19-27(16-15-25(26)18-24)28-20-30(32)29(31(33)21-28)17-13-23-10-8-22(2)9-11-23/h8-11,20-21,24-27H,3-7,12,14-16,18-19H2,1-2H3. The molecule has 0 radical (unpaired) electrons. The van der Waals surface area contributed by atoms with Gasteiger partial charge in [-0.2, -0.15) is 0 Å². The number of aryl methyl sites for hydroxylation is 1. The van der Waals surface area contributed by atoms with Gasteiger partial charge in [0.2, 0.25) is 0 Å². The Morgan fingerprint density at radius 3 is 2.24 bits per heavy atom. The Kier molecular flexibility index (Phi) is 8.24. The largest absolute Gasteiger partial charge is 0.206 e. The maximum atomic E-state index is 14.8. The Balaban J connectivity index is 1.37. The van der Waals surface area contributed by atoms with Crippen molar-refractivity contribution in [3.8, 4) is 11.8 Å². The average molecular weight is 449 g/mol. The van der Waals surface area contributed by atoms with Crippen LogP contribution in [-0.4, -0.2) is 0 Å². The summed E-state index contributed by atoms with van der Waals surface area (Å²) >= 11 is 0. The highest BCUT2D eigenvalue weighted by atomic mass is 19.1. The van der Waals surface area contributed by atoms with E-state index in [9.17, 15) is 8.78 Å². The summed E-state index contributed by atoms with van der Waals surface area (Å²) in [4.78, 5) is 0. The number of unbranched alkanes of at least 4 members (excludes halogenated alkanes) is 3. The average Bonchev–Trinajstić information content (AvgIpc) is 2.82. The molecule has 0 bridgehead atoms. The lowest BCUT2D eigenvalue weighted by Crippen LogP contribution is -2.30. The van der Waals surface area contributed by atoms with Crippen LogP contribution in [0.3, 0.4) is 0 Å². The van der Waals surface area contributed by atoms with Gasteiger partial charge in [0.1, 0.15) is 11.6 Å². The van der Waals surface area contributed by atoms with Gasteiger partial charge in [0.25, 0.3) is 0 Å². The van der Waals surface area contributed by atoms with E-state index < -0.39 is 11.6 Å². The van der Waals surface area contributed by atoms with Gasteiger partial charge in [0.05, 0.1) is 5.56 Å². The van der Waals surface area contributed by atoms with Gasteiger partial charge in [-0.3, -0.25) is 0 Å². The molecule has 2 aliphatic carbocycles. The predicted molar refractivity (Wildman–Crippen MR) is 133 cm³/mol. The van der Waals surface area contributed by atoms with Gasteiger partial charge in [-0.15, -0.1) is 0 Å². The van der Waals surface area contributed by atoms with Gasteiger partial charge in [-0.05, 0) is 92.5 Å². The SMILES string of the molecule is CCCCCCC1CCC2CC(c3cc(F)c(C#Cc4ccc(C)cc4)c(F)c3)CCC2C1. The van der Waals surface area contributed by atoms with Crippen LogP contribution < -0.4 is 0 Å². The number of halogens is 2. The van der Waals surface area contributed by atoms with Crippen LogP contribution in [-0.2, 0) is 0 Å². The summed E-state index contributed by atoms with van der Waals surface area (Å²) in [6, 6.07) is 10.8. The van der Waals surface area contributed by atoms with Gasteiger partial charge in [0.15, 0.2) is 0 Å². The summed E-state index contributed by atoms with van der Waals surface area (Å²) in [5.74, 6) is 7.29. The topological polar surface area (TPSA) is 0 Å². The fourth-order valence-electron chi connectivity index (χ4n) is 6.13. The van der Waals surface area contributed by atoms with Gasteiger partial charge in [-0.25, -0.2) is 8.78 Å². The van der Waals surface area contributed by atoms with Crippen LogP contribution in [0.4, 0.5) is 8.78 Å². The monoisotopic (exact) mass is 448 g/mol. The first-order valence-electron chi connectivity index (χ1n) is 13.1. The van der Waals surface area contributed by atoms with E-state index in [4.69, 9.17) is 0 Å². The molecule has 2 saturated carbocycles. The number of benzene rings is 2. The Bertz CT molecular complexity index is 955. The highest BCUT2D eigenvalue weighted by molar-refractivity contribution is 5.46. The highest BCUT2D eigenvalue weighted by Gasteiger charge is 2.36.